The highest BCUT2D eigenvalue weighted by Gasteiger charge is 2.30. The summed E-state index contributed by atoms with van der Waals surface area (Å²) < 4.78 is 45.3. The normalized spacial score (nSPS) is 11.4. The number of hydrogen-bond donors (Lipinski definition) is 0. The number of alkyl halides is 3. The molecule has 0 saturated carbocycles. The van der Waals surface area contributed by atoms with E-state index < -0.39 is 17.3 Å². The topological polar surface area (TPSA) is 44.1 Å². The fraction of sp³-hybridized carbons (Fsp3) is 0.200. The Kier molecular flexibility index (Phi) is 5.03. The minimum absolute atomic E-state index is 0.183. The fourth-order valence-electron chi connectivity index (χ4n) is 2.76. The van der Waals surface area contributed by atoms with Gasteiger partial charge in [0.15, 0.2) is 0 Å². The summed E-state index contributed by atoms with van der Waals surface area (Å²) >= 11 is 0. The van der Waals surface area contributed by atoms with Gasteiger partial charge in [-0.3, -0.25) is 4.79 Å². The molecule has 3 rings (SSSR count). The Morgan fingerprint density at radius 3 is 2.41 bits per heavy atom. The Morgan fingerprint density at radius 2 is 1.78 bits per heavy atom. The van der Waals surface area contributed by atoms with Gasteiger partial charge < -0.3 is 4.74 Å². The highest BCUT2D eigenvalue weighted by molar-refractivity contribution is 5.63. The van der Waals surface area contributed by atoms with E-state index in [1.165, 1.54) is 22.9 Å². The van der Waals surface area contributed by atoms with Crippen LogP contribution in [0.2, 0.25) is 0 Å². The number of aromatic nitrogens is 2. The fourth-order valence-corrected chi connectivity index (χ4v) is 2.76. The number of nitrogens with zero attached hydrogens (tertiary/aromatic N) is 2. The van der Waals surface area contributed by atoms with Crippen LogP contribution in [0.15, 0.2) is 59.4 Å². The molecule has 0 aliphatic carbocycles. The molecule has 7 heteroatoms. The molecule has 0 amide bonds. The van der Waals surface area contributed by atoms with Crippen molar-refractivity contribution in [1.29, 1.82) is 0 Å². The van der Waals surface area contributed by atoms with Gasteiger partial charge in [-0.1, -0.05) is 24.3 Å². The van der Waals surface area contributed by atoms with Crippen molar-refractivity contribution in [3.8, 4) is 16.9 Å². The van der Waals surface area contributed by atoms with Gasteiger partial charge in [-0.25, -0.2) is 4.68 Å². The summed E-state index contributed by atoms with van der Waals surface area (Å²) in [6.07, 6.45) is -4.47. The van der Waals surface area contributed by atoms with Crippen molar-refractivity contribution >= 4 is 0 Å². The van der Waals surface area contributed by atoms with E-state index in [0.717, 1.165) is 17.7 Å². The summed E-state index contributed by atoms with van der Waals surface area (Å²) in [5.41, 5.74) is 0.513. The van der Waals surface area contributed by atoms with E-state index in [1.54, 1.807) is 38.3 Å². The molecule has 0 spiro atoms. The maximum absolute atomic E-state index is 13.0. The first-order valence-electron chi connectivity index (χ1n) is 8.17. The summed E-state index contributed by atoms with van der Waals surface area (Å²) in [4.78, 5) is 12.8. The number of methoxy groups -OCH3 is 1. The number of benzene rings is 2. The van der Waals surface area contributed by atoms with E-state index in [9.17, 15) is 18.0 Å². The van der Waals surface area contributed by atoms with Gasteiger partial charge in [-0.05, 0) is 48.4 Å². The molecule has 1 heterocycles. The predicted molar refractivity (Wildman–Crippen MR) is 95.8 cm³/mol. The third kappa shape index (κ3) is 4.19. The Bertz CT molecular complexity index is 1010. The van der Waals surface area contributed by atoms with Crippen molar-refractivity contribution in [2.24, 2.45) is 0 Å². The van der Waals surface area contributed by atoms with Gasteiger partial charge >= 0.3 is 6.18 Å². The molecule has 0 atom stereocenters. The molecule has 0 bridgehead atoms. The summed E-state index contributed by atoms with van der Waals surface area (Å²) in [7, 11) is 1.56. The minimum Gasteiger partial charge on any atom is -0.497 e. The van der Waals surface area contributed by atoms with E-state index in [2.05, 4.69) is 5.10 Å². The Labute approximate surface area is 153 Å². The van der Waals surface area contributed by atoms with Crippen LogP contribution in [0.5, 0.6) is 5.75 Å². The quantitative estimate of drug-likeness (QED) is 0.684. The first kappa shape index (κ1) is 18.7. The van der Waals surface area contributed by atoms with Gasteiger partial charge in [-0.15, -0.1) is 0 Å². The van der Waals surface area contributed by atoms with Crippen LogP contribution in [0.3, 0.4) is 0 Å². The lowest BCUT2D eigenvalue weighted by Crippen LogP contribution is -2.25. The molecule has 1 aromatic heterocycles. The zero-order valence-corrected chi connectivity index (χ0v) is 14.7. The Balaban J connectivity index is 2.02. The van der Waals surface area contributed by atoms with Crippen LogP contribution >= 0.6 is 0 Å². The van der Waals surface area contributed by atoms with E-state index in [1.807, 2.05) is 0 Å². The first-order valence-corrected chi connectivity index (χ1v) is 8.17. The second kappa shape index (κ2) is 7.26. The highest BCUT2D eigenvalue weighted by atomic mass is 19.4. The number of ether oxygens (including phenoxy) is 1. The number of halogens is 3. The molecule has 0 unspecified atom stereocenters. The van der Waals surface area contributed by atoms with Gasteiger partial charge in [0, 0.05) is 0 Å². The molecule has 0 aliphatic heterocycles. The van der Waals surface area contributed by atoms with Crippen molar-refractivity contribution in [2.75, 3.05) is 7.11 Å². The molecule has 2 aromatic carbocycles. The average molecular weight is 374 g/mol. The lowest BCUT2D eigenvalue weighted by molar-refractivity contribution is -0.137. The number of aryl methyl sites for hydroxylation is 1. The molecule has 0 radical (unpaired) electrons. The Hall–Kier alpha value is -3.09. The van der Waals surface area contributed by atoms with E-state index in [4.69, 9.17) is 4.74 Å². The zero-order chi connectivity index (χ0) is 19.6. The molecule has 140 valence electrons. The predicted octanol–water partition coefficient (Wildman–Crippen LogP) is 4.29. The standard InChI is InChI=1S/C20H17F3N2O2/c1-13-10-18(15-4-3-5-16(11-15)20(21,22)23)19(26)25(24-13)12-14-6-8-17(27-2)9-7-14/h3-11H,12H2,1-2H3. The first-order chi connectivity index (χ1) is 12.8. The summed E-state index contributed by atoms with van der Waals surface area (Å²) in [6.45, 7) is 1.90. The lowest BCUT2D eigenvalue weighted by atomic mass is 10.0. The van der Waals surface area contributed by atoms with E-state index in [-0.39, 0.29) is 17.7 Å². The second-order valence-electron chi connectivity index (χ2n) is 6.09. The van der Waals surface area contributed by atoms with Crippen LogP contribution in [0.25, 0.3) is 11.1 Å². The molecule has 0 fully saturated rings. The maximum atomic E-state index is 13.0. The molecule has 3 aromatic rings. The average Bonchev–Trinajstić information content (AvgIpc) is 2.64. The molecule has 0 N–H and O–H groups in total. The van der Waals surface area contributed by atoms with Gasteiger partial charge in [-0.2, -0.15) is 18.3 Å². The third-order valence-electron chi connectivity index (χ3n) is 4.09. The van der Waals surface area contributed by atoms with E-state index >= 15 is 0 Å². The van der Waals surface area contributed by atoms with Gasteiger partial charge in [0.2, 0.25) is 0 Å². The van der Waals surface area contributed by atoms with Crippen molar-refractivity contribution in [1.82, 2.24) is 9.78 Å². The summed E-state index contributed by atoms with van der Waals surface area (Å²) in [6, 6.07) is 13.4. The maximum Gasteiger partial charge on any atom is 0.416 e. The van der Waals surface area contributed by atoms with Crippen LogP contribution in [-0.2, 0) is 12.7 Å². The van der Waals surface area contributed by atoms with Gasteiger partial charge in [0.05, 0.1) is 30.5 Å². The van der Waals surface area contributed by atoms with Crippen molar-refractivity contribution in [2.45, 2.75) is 19.6 Å². The summed E-state index contributed by atoms with van der Waals surface area (Å²) in [5, 5.41) is 4.22. The van der Waals surface area contributed by atoms with Crippen molar-refractivity contribution in [3.05, 3.63) is 81.8 Å². The number of hydrogen-bond acceptors (Lipinski definition) is 3. The van der Waals surface area contributed by atoms with E-state index in [0.29, 0.717) is 11.4 Å². The molecular weight excluding hydrogens is 357 g/mol. The smallest absolute Gasteiger partial charge is 0.416 e. The van der Waals surface area contributed by atoms with Crippen LogP contribution < -0.4 is 10.3 Å². The molecule has 0 aliphatic rings. The van der Waals surface area contributed by atoms with Gasteiger partial charge in [0.1, 0.15) is 5.75 Å². The minimum atomic E-state index is -4.47. The third-order valence-corrected chi connectivity index (χ3v) is 4.09. The molecule has 27 heavy (non-hydrogen) atoms. The van der Waals surface area contributed by atoms with Crippen LogP contribution in [-0.4, -0.2) is 16.9 Å². The largest absolute Gasteiger partial charge is 0.497 e. The highest BCUT2D eigenvalue weighted by Crippen LogP contribution is 2.31. The molecular formula is C20H17F3N2O2. The van der Waals surface area contributed by atoms with Gasteiger partial charge in [0.25, 0.3) is 5.56 Å². The van der Waals surface area contributed by atoms with Crippen LogP contribution in [0.4, 0.5) is 13.2 Å². The molecule has 0 saturated heterocycles. The van der Waals surface area contributed by atoms with Crippen molar-refractivity contribution in [3.63, 3.8) is 0 Å². The van der Waals surface area contributed by atoms with Crippen molar-refractivity contribution < 1.29 is 17.9 Å². The monoisotopic (exact) mass is 374 g/mol. The number of rotatable bonds is 4. The summed E-state index contributed by atoms with van der Waals surface area (Å²) in [5.74, 6) is 0.688. The Morgan fingerprint density at radius 1 is 1.07 bits per heavy atom. The lowest BCUT2D eigenvalue weighted by Gasteiger charge is -2.11. The zero-order valence-electron chi connectivity index (χ0n) is 14.7. The van der Waals surface area contributed by atoms with Crippen LogP contribution in [0, 0.1) is 6.92 Å². The second-order valence-corrected chi connectivity index (χ2v) is 6.09. The molecule has 4 nitrogen and oxygen atoms in total. The van der Waals surface area contributed by atoms with Crippen LogP contribution in [0.1, 0.15) is 16.8 Å². The SMILES string of the molecule is COc1ccc(Cn2nc(C)cc(-c3cccc(C(F)(F)F)c3)c2=O)cc1.